The molecule has 26 heavy (non-hydrogen) atoms. The number of esters is 1. The molecule has 0 fully saturated rings. The number of carbonyl (C=O) groups excluding carboxylic acids is 1. The Morgan fingerprint density at radius 3 is 2.08 bits per heavy atom. The fourth-order valence-corrected chi connectivity index (χ4v) is 3.17. The second kappa shape index (κ2) is 10.6. The zero-order chi connectivity index (χ0) is 20.6. The van der Waals surface area contributed by atoms with Gasteiger partial charge in [-0.1, -0.05) is 27.2 Å². The summed E-state index contributed by atoms with van der Waals surface area (Å²) in [4.78, 5) is 11.9. The Labute approximate surface area is 153 Å². The van der Waals surface area contributed by atoms with E-state index in [1.165, 1.54) is 0 Å². The van der Waals surface area contributed by atoms with Crippen molar-refractivity contribution >= 4 is 17.7 Å². The van der Waals surface area contributed by atoms with Gasteiger partial charge in [0, 0.05) is 6.42 Å². The van der Waals surface area contributed by atoms with Crippen LogP contribution in [-0.4, -0.2) is 41.6 Å². The molecule has 0 N–H and O–H groups in total. The fourth-order valence-electron chi connectivity index (χ4n) is 1.91. The van der Waals surface area contributed by atoms with Crippen molar-refractivity contribution in [1.82, 2.24) is 0 Å². The third-order valence-electron chi connectivity index (χ3n) is 3.39. The monoisotopic (exact) mass is 414 g/mol. The molecule has 0 saturated carbocycles. The smallest absolute Gasteiger partial charge is 0.459 e. The summed E-state index contributed by atoms with van der Waals surface area (Å²) >= 11 is 1.14. The molecule has 1 unspecified atom stereocenters. The number of hydrogen-bond donors (Lipinski definition) is 0. The molecule has 0 radical (unpaired) electrons. The molecule has 0 saturated heterocycles. The van der Waals surface area contributed by atoms with Crippen LogP contribution in [0.1, 0.15) is 52.9 Å². The van der Waals surface area contributed by atoms with Gasteiger partial charge in [-0.15, -0.1) is 11.8 Å². The van der Waals surface area contributed by atoms with Gasteiger partial charge in [0.2, 0.25) is 0 Å². The zero-order valence-corrected chi connectivity index (χ0v) is 15.8. The second-order valence-corrected chi connectivity index (χ2v) is 7.72. The number of ether oxygens (including phenoxy) is 1. The van der Waals surface area contributed by atoms with Gasteiger partial charge in [-0.3, -0.25) is 4.79 Å². The van der Waals surface area contributed by atoms with Crippen LogP contribution in [0.2, 0.25) is 0 Å². The molecule has 0 aromatic rings. The lowest BCUT2D eigenvalue weighted by Crippen LogP contribution is -2.51. The van der Waals surface area contributed by atoms with Crippen LogP contribution < -0.4 is 0 Å². The van der Waals surface area contributed by atoms with Gasteiger partial charge in [0.25, 0.3) is 0 Å². The number of alkyl halides is 7. The molecule has 10 heteroatoms. The van der Waals surface area contributed by atoms with Crippen molar-refractivity contribution < 1.29 is 40.3 Å². The standard InChI is InChI=1S/C16H25F7O2S/c1-4-7-12(13(24)25-10-11(2)3)26-9-6-5-8-14(17,18)15(19,20)16(21,22)23/h11-12H,4-10H2,1-3H3. The molecule has 0 rings (SSSR count). The summed E-state index contributed by atoms with van der Waals surface area (Å²) in [5, 5.41) is -0.504. The van der Waals surface area contributed by atoms with Crippen LogP contribution in [0, 0.1) is 5.92 Å². The maximum absolute atomic E-state index is 13.2. The highest BCUT2D eigenvalue weighted by Gasteiger charge is 2.72. The molecular formula is C16H25F7O2S. The summed E-state index contributed by atoms with van der Waals surface area (Å²) in [6, 6.07) is 0. The Morgan fingerprint density at radius 1 is 1.04 bits per heavy atom. The summed E-state index contributed by atoms with van der Waals surface area (Å²) in [5.74, 6) is -11.3. The third-order valence-corrected chi connectivity index (χ3v) is 4.75. The van der Waals surface area contributed by atoms with Gasteiger partial charge in [0.1, 0.15) is 5.25 Å². The zero-order valence-electron chi connectivity index (χ0n) is 15.0. The minimum atomic E-state index is -6.29. The number of halogens is 7. The summed E-state index contributed by atoms with van der Waals surface area (Å²) in [7, 11) is 0. The van der Waals surface area contributed by atoms with Gasteiger partial charge < -0.3 is 4.74 Å². The fraction of sp³-hybridized carbons (Fsp3) is 0.938. The van der Waals surface area contributed by atoms with Crippen LogP contribution in [0.15, 0.2) is 0 Å². The lowest BCUT2D eigenvalue weighted by atomic mass is 10.0. The van der Waals surface area contributed by atoms with E-state index in [0.29, 0.717) is 12.8 Å². The van der Waals surface area contributed by atoms with E-state index in [-0.39, 0.29) is 24.7 Å². The number of thioether (sulfide) groups is 1. The Balaban J connectivity index is 4.39. The first-order valence-corrected chi connectivity index (χ1v) is 9.41. The highest BCUT2D eigenvalue weighted by molar-refractivity contribution is 8.00. The summed E-state index contributed by atoms with van der Waals surface area (Å²) < 4.78 is 93.0. The molecule has 1 atom stereocenters. The van der Waals surface area contributed by atoms with Crippen LogP contribution in [0.4, 0.5) is 30.7 Å². The quantitative estimate of drug-likeness (QED) is 0.220. The van der Waals surface area contributed by atoms with E-state index in [1.807, 2.05) is 20.8 Å². The van der Waals surface area contributed by atoms with Gasteiger partial charge in [0.05, 0.1) is 6.61 Å². The SMILES string of the molecule is CCCC(SCCCCC(F)(F)C(F)(F)C(F)(F)F)C(=O)OCC(C)C. The van der Waals surface area contributed by atoms with Gasteiger partial charge in [-0.25, -0.2) is 0 Å². The first kappa shape index (κ1) is 25.3. The predicted octanol–water partition coefficient (Wildman–Crippen LogP) is 6.09. The lowest BCUT2D eigenvalue weighted by Gasteiger charge is -2.28. The molecule has 2 nitrogen and oxygen atoms in total. The molecule has 0 amide bonds. The van der Waals surface area contributed by atoms with E-state index < -0.39 is 42.1 Å². The minimum absolute atomic E-state index is 0.00807. The molecule has 0 bridgehead atoms. The number of carbonyl (C=O) groups is 1. The highest BCUT2D eigenvalue weighted by Crippen LogP contribution is 2.48. The van der Waals surface area contributed by atoms with Gasteiger partial charge in [-0.2, -0.15) is 30.7 Å². The van der Waals surface area contributed by atoms with Crippen LogP contribution in [0.25, 0.3) is 0 Å². The Hall–Kier alpha value is -0.670. The van der Waals surface area contributed by atoms with E-state index in [4.69, 9.17) is 4.74 Å². The molecule has 0 heterocycles. The van der Waals surface area contributed by atoms with Crippen molar-refractivity contribution in [3.05, 3.63) is 0 Å². The normalized spacial score (nSPS) is 14.6. The van der Waals surface area contributed by atoms with E-state index in [2.05, 4.69) is 0 Å². The van der Waals surface area contributed by atoms with Crippen LogP contribution >= 0.6 is 11.8 Å². The first-order chi connectivity index (χ1) is 11.8. The molecule has 0 aliphatic heterocycles. The van der Waals surface area contributed by atoms with Crippen LogP contribution in [-0.2, 0) is 9.53 Å². The van der Waals surface area contributed by atoms with E-state index in [9.17, 15) is 35.5 Å². The van der Waals surface area contributed by atoms with Crippen molar-refractivity contribution in [2.24, 2.45) is 5.92 Å². The van der Waals surface area contributed by atoms with Crippen LogP contribution in [0.3, 0.4) is 0 Å². The van der Waals surface area contributed by atoms with E-state index >= 15 is 0 Å². The van der Waals surface area contributed by atoms with Crippen molar-refractivity contribution in [2.45, 2.75) is 76.1 Å². The maximum Gasteiger partial charge on any atom is 0.459 e. The lowest BCUT2D eigenvalue weighted by molar-refractivity contribution is -0.355. The predicted molar refractivity (Wildman–Crippen MR) is 86.8 cm³/mol. The average molecular weight is 414 g/mol. The summed E-state index contributed by atoms with van der Waals surface area (Å²) in [6.45, 7) is 5.83. The molecular weight excluding hydrogens is 389 g/mol. The second-order valence-electron chi connectivity index (χ2n) is 6.41. The molecule has 0 aliphatic rings. The highest BCUT2D eigenvalue weighted by atomic mass is 32.2. The number of unbranched alkanes of at least 4 members (excludes halogenated alkanes) is 1. The minimum Gasteiger partial charge on any atom is -0.465 e. The van der Waals surface area contributed by atoms with Gasteiger partial charge >= 0.3 is 24.0 Å². The Bertz CT molecular complexity index is 425. The molecule has 0 spiro atoms. The molecule has 0 aromatic heterocycles. The first-order valence-electron chi connectivity index (χ1n) is 8.36. The van der Waals surface area contributed by atoms with E-state index in [0.717, 1.165) is 11.8 Å². The molecule has 0 aliphatic carbocycles. The molecule has 0 aromatic carbocycles. The number of hydrogen-bond acceptors (Lipinski definition) is 3. The topological polar surface area (TPSA) is 26.3 Å². The Morgan fingerprint density at radius 2 is 1.62 bits per heavy atom. The van der Waals surface area contributed by atoms with Crippen molar-refractivity contribution in [2.75, 3.05) is 12.4 Å². The van der Waals surface area contributed by atoms with Crippen molar-refractivity contribution in [3.63, 3.8) is 0 Å². The summed E-state index contributed by atoms with van der Waals surface area (Å²) in [5.41, 5.74) is 0. The van der Waals surface area contributed by atoms with Gasteiger partial charge in [0.15, 0.2) is 0 Å². The summed E-state index contributed by atoms with van der Waals surface area (Å²) in [6.07, 6.45) is -7.19. The maximum atomic E-state index is 13.2. The van der Waals surface area contributed by atoms with Crippen molar-refractivity contribution in [3.8, 4) is 0 Å². The molecule has 156 valence electrons. The van der Waals surface area contributed by atoms with E-state index in [1.54, 1.807) is 0 Å². The third kappa shape index (κ3) is 7.92. The Kier molecular flexibility index (Phi) is 10.3. The van der Waals surface area contributed by atoms with Gasteiger partial charge in [-0.05, 0) is 30.9 Å². The number of rotatable bonds is 12. The average Bonchev–Trinajstić information content (AvgIpc) is 2.49. The largest absolute Gasteiger partial charge is 0.465 e. The van der Waals surface area contributed by atoms with Crippen LogP contribution in [0.5, 0.6) is 0 Å². The van der Waals surface area contributed by atoms with Crippen molar-refractivity contribution in [1.29, 1.82) is 0 Å².